The fraction of sp³-hybridized carbons (Fsp3) is 0.316. The molecule has 24 heavy (non-hydrogen) atoms. The van der Waals surface area contributed by atoms with Gasteiger partial charge in [0.1, 0.15) is 5.82 Å². The van der Waals surface area contributed by atoms with Crippen LogP contribution in [0.2, 0.25) is 0 Å². The molecular weight excluding hydrogens is 305 g/mol. The Morgan fingerprint density at radius 2 is 1.71 bits per heavy atom. The number of rotatable bonds is 4. The van der Waals surface area contributed by atoms with Crippen LogP contribution in [0.5, 0.6) is 0 Å². The zero-order valence-electron chi connectivity index (χ0n) is 13.8. The van der Waals surface area contributed by atoms with Crippen molar-refractivity contribution in [2.45, 2.75) is 13.0 Å². The lowest BCUT2D eigenvalue weighted by Gasteiger charge is -2.36. The number of carbonyl (C=O) groups is 1. The number of halogens is 1. The molecule has 4 nitrogen and oxygen atoms in total. The van der Waals surface area contributed by atoms with Crippen molar-refractivity contribution in [2.75, 3.05) is 36.4 Å². The van der Waals surface area contributed by atoms with Crippen LogP contribution in [0, 0.1) is 5.82 Å². The van der Waals surface area contributed by atoms with Crippen LogP contribution >= 0.6 is 0 Å². The van der Waals surface area contributed by atoms with E-state index in [1.54, 1.807) is 6.07 Å². The molecule has 0 bridgehead atoms. The first-order valence-corrected chi connectivity index (χ1v) is 8.35. The van der Waals surface area contributed by atoms with E-state index in [2.05, 4.69) is 10.2 Å². The molecule has 1 aliphatic heterocycles. The quantitative estimate of drug-likeness (QED) is 0.894. The van der Waals surface area contributed by atoms with E-state index in [0.717, 1.165) is 31.9 Å². The van der Waals surface area contributed by atoms with Crippen molar-refractivity contribution in [1.82, 2.24) is 0 Å². The average Bonchev–Trinajstić information content (AvgIpc) is 2.62. The second-order valence-electron chi connectivity index (χ2n) is 6.17. The summed E-state index contributed by atoms with van der Waals surface area (Å²) in [5.74, 6) is -0.161. The summed E-state index contributed by atoms with van der Waals surface area (Å²) in [6, 6.07) is 16.2. The second-order valence-corrected chi connectivity index (χ2v) is 6.17. The van der Waals surface area contributed by atoms with E-state index in [4.69, 9.17) is 0 Å². The van der Waals surface area contributed by atoms with Gasteiger partial charge in [0.15, 0.2) is 6.04 Å². The van der Waals surface area contributed by atoms with Crippen molar-refractivity contribution < 1.29 is 14.1 Å². The van der Waals surface area contributed by atoms with Crippen molar-refractivity contribution in [3.8, 4) is 0 Å². The first-order chi connectivity index (χ1) is 11.6. The Balaban J connectivity index is 1.56. The molecule has 2 aromatic carbocycles. The van der Waals surface area contributed by atoms with Crippen LogP contribution in [0.4, 0.5) is 15.8 Å². The van der Waals surface area contributed by atoms with Gasteiger partial charge in [-0.05, 0) is 31.2 Å². The van der Waals surface area contributed by atoms with Gasteiger partial charge in [0, 0.05) is 5.69 Å². The maximum Gasteiger partial charge on any atom is 0.282 e. The van der Waals surface area contributed by atoms with Crippen LogP contribution < -0.4 is 15.1 Å². The molecule has 1 fully saturated rings. The molecule has 0 unspecified atom stereocenters. The SMILES string of the molecule is C[C@@H](C(=O)Nc1ccccc1)[NH+]1CCN(c2ccccc2F)CC1. The van der Waals surface area contributed by atoms with Gasteiger partial charge in [0.25, 0.3) is 5.91 Å². The lowest BCUT2D eigenvalue weighted by Crippen LogP contribution is -3.19. The number of hydrogen-bond donors (Lipinski definition) is 2. The molecule has 0 spiro atoms. The van der Waals surface area contributed by atoms with Gasteiger partial charge in [-0.1, -0.05) is 30.3 Å². The number of para-hydroxylation sites is 2. The highest BCUT2D eigenvalue weighted by Crippen LogP contribution is 2.18. The monoisotopic (exact) mass is 328 g/mol. The minimum absolute atomic E-state index is 0.0236. The number of piperazine rings is 1. The van der Waals surface area contributed by atoms with Crippen molar-refractivity contribution in [3.63, 3.8) is 0 Å². The summed E-state index contributed by atoms with van der Waals surface area (Å²) < 4.78 is 13.9. The van der Waals surface area contributed by atoms with Gasteiger partial charge in [0.2, 0.25) is 0 Å². The Bertz CT molecular complexity index is 684. The van der Waals surface area contributed by atoms with Crippen LogP contribution in [0.25, 0.3) is 0 Å². The summed E-state index contributed by atoms with van der Waals surface area (Å²) in [6.07, 6.45) is 0. The van der Waals surface area contributed by atoms with Gasteiger partial charge in [-0.3, -0.25) is 4.79 Å². The first-order valence-electron chi connectivity index (χ1n) is 8.35. The summed E-state index contributed by atoms with van der Waals surface area (Å²) in [6.45, 7) is 5.08. The normalized spacial score (nSPS) is 16.7. The standard InChI is InChI=1S/C19H22FN3O/c1-15(19(24)21-16-7-3-2-4-8-16)22-11-13-23(14-12-22)18-10-6-5-9-17(18)20/h2-10,15H,11-14H2,1H3,(H,21,24)/p+1/t15-/m0/s1. The van der Waals surface area contributed by atoms with Crippen molar-refractivity contribution in [1.29, 1.82) is 0 Å². The van der Waals surface area contributed by atoms with Crippen LogP contribution in [0.1, 0.15) is 6.92 Å². The highest BCUT2D eigenvalue weighted by Gasteiger charge is 2.29. The number of anilines is 2. The third-order valence-electron chi connectivity index (χ3n) is 4.65. The number of nitrogens with zero attached hydrogens (tertiary/aromatic N) is 1. The van der Waals surface area contributed by atoms with Gasteiger partial charge in [0.05, 0.1) is 31.9 Å². The third kappa shape index (κ3) is 3.74. The number of quaternary nitrogens is 1. The molecule has 1 saturated heterocycles. The lowest BCUT2D eigenvalue weighted by atomic mass is 10.2. The molecule has 1 heterocycles. The molecule has 2 aromatic rings. The molecule has 0 saturated carbocycles. The predicted molar refractivity (Wildman–Crippen MR) is 93.8 cm³/mol. The van der Waals surface area contributed by atoms with E-state index in [1.807, 2.05) is 49.4 Å². The van der Waals surface area contributed by atoms with Gasteiger partial charge >= 0.3 is 0 Å². The largest absolute Gasteiger partial charge is 0.358 e. The molecule has 0 aliphatic carbocycles. The highest BCUT2D eigenvalue weighted by molar-refractivity contribution is 5.93. The predicted octanol–water partition coefficient (Wildman–Crippen LogP) is 1.56. The number of benzene rings is 2. The molecular formula is C19H23FN3O+. The van der Waals surface area contributed by atoms with Gasteiger partial charge in [-0.15, -0.1) is 0 Å². The minimum atomic E-state index is -0.184. The summed E-state index contributed by atoms with van der Waals surface area (Å²) in [5.41, 5.74) is 1.47. The molecule has 126 valence electrons. The number of amides is 1. The Morgan fingerprint density at radius 3 is 2.38 bits per heavy atom. The molecule has 0 radical (unpaired) electrons. The zero-order chi connectivity index (χ0) is 16.9. The Kier molecular flexibility index (Phi) is 5.11. The summed E-state index contributed by atoms with van der Waals surface area (Å²) in [7, 11) is 0. The van der Waals surface area contributed by atoms with Crippen molar-refractivity contribution in [3.05, 3.63) is 60.4 Å². The fourth-order valence-corrected chi connectivity index (χ4v) is 3.13. The molecule has 1 atom stereocenters. The topological polar surface area (TPSA) is 36.8 Å². The molecule has 0 aromatic heterocycles. The summed E-state index contributed by atoms with van der Waals surface area (Å²) in [4.78, 5) is 15.7. The Hall–Kier alpha value is -2.40. The van der Waals surface area contributed by atoms with Crippen molar-refractivity contribution in [2.24, 2.45) is 0 Å². The maximum absolute atomic E-state index is 13.9. The Labute approximate surface area is 141 Å². The van der Waals surface area contributed by atoms with Crippen LogP contribution in [-0.2, 0) is 4.79 Å². The van der Waals surface area contributed by atoms with E-state index in [-0.39, 0.29) is 17.8 Å². The highest BCUT2D eigenvalue weighted by atomic mass is 19.1. The van der Waals surface area contributed by atoms with Crippen molar-refractivity contribution >= 4 is 17.3 Å². The molecule has 2 N–H and O–H groups in total. The first kappa shape index (κ1) is 16.5. The van der Waals surface area contributed by atoms with Gasteiger partial charge < -0.3 is 15.1 Å². The molecule has 3 rings (SSSR count). The van der Waals surface area contributed by atoms with Crippen LogP contribution in [0.3, 0.4) is 0 Å². The van der Waals surface area contributed by atoms with Gasteiger partial charge in [-0.2, -0.15) is 0 Å². The zero-order valence-corrected chi connectivity index (χ0v) is 13.8. The second kappa shape index (κ2) is 7.45. The number of nitrogens with one attached hydrogen (secondary N) is 2. The Morgan fingerprint density at radius 1 is 1.08 bits per heavy atom. The van der Waals surface area contributed by atoms with E-state index >= 15 is 0 Å². The summed E-state index contributed by atoms with van der Waals surface area (Å²) in [5, 5.41) is 2.96. The maximum atomic E-state index is 13.9. The van der Waals surface area contributed by atoms with Crippen LogP contribution in [-0.4, -0.2) is 38.1 Å². The molecule has 1 aliphatic rings. The number of hydrogen-bond acceptors (Lipinski definition) is 2. The third-order valence-corrected chi connectivity index (χ3v) is 4.65. The van der Waals surface area contributed by atoms with Gasteiger partial charge in [-0.25, -0.2) is 4.39 Å². The smallest absolute Gasteiger partial charge is 0.282 e. The van der Waals surface area contributed by atoms with Crippen LogP contribution in [0.15, 0.2) is 54.6 Å². The van der Waals surface area contributed by atoms with E-state index in [1.165, 1.54) is 11.0 Å². The van der Waals surface area contributed by atoms with E-state index in [0.29, 0.717) is 5.69 Å². The van der Waals surface area contributed by atoms with E-state index in [9.17, 15) is 9.18 Å². The minimum Gasteiger partial charge on any atom is -0.358 e. The molecule has 1 amide bonds. The summed E-state index contributed by atoms with van der Waals surface area (Å²) >= 11 is 0. The fourth-order valence-electron chi connectivity index (χ4n) is 3.13. The van der Waals surface area contributed by atoms with E-state index < -0.39 is 0 Å². The average molecular weight is 328 g/mol. The lowest BCUT2D eigenvalue weighted by molar-refractivity contribution is -0.914. The number of carbonyl (C=O) groups excluding carboxylic acids is 1. The molecule has 5 heteroatoms.